The molecule has 164 valence electrons. The Morgan fingerprint density at radius 3 is 2.33 bits per heavy atom. The fraction of sp³-hybridized carbons (Fsp3) is 0.111. The maximum Gasteiger partial charge on any atom is 0.336 e. The Kier molecular flexibility index (Phi) is 5.18. The van der Waals surface area contributed by atoms with Gasteiger partial charge in [0, 0.05) is 23.6 Å². The van der Waals surface area contributed by atoms with Crippen LogP contribution in [0.5, 0.6) is 17.2 Å². The topological polar surface area (TPSA) is 78.9 Å². The van der Waals surface area contributed by atoms with E-state index in [1.165, 1.54) is 17.9 Å². The van der Waals surface area contributed by atoms with Crippen molar-refractivity contribution in [3.63, 3.8) is 0 Å². The minimum atomic E-state index is -0.442. The number of benzene rings is 3. The van der Waals surface area contributed by atoms with Gasteiger partial charge in [0.25, 0.3) is 0 Å². The van der Waals surface area contributed by atoms with Gasteiger partial charge >= 0.3 is 5.63 Å². The molecule has 0 fully saturated rings. The predicted octanol–water partition coefficient (Wildman–Crippen LogP) is 5.89. The molecule has 0 atom stereocenters. The number of ether oxygens (including phenoxy) is 2. The third-order valence-corrected chi connectivity index (χ3v) is 5.39. The molecule has 0 bridgehead atoms. The summed E-state index contributed by atoms with van der Waals surface area (Å²) in [6.07, 6.45) is 1.27. The summed E-state index contributed by atoms with van der Waals surface area (Å²) in [5.41, 5.74) is 3.07. The molecular weight excluding hydrogens is 420 g/mol. The Morgan fingerprint density at radius 2 is 1.52 bits per heavy atom. The first-order chi connectivity index (χ1) is 16.0. The molecule has 2 heterocycles. The van der Waals surface area contributed by atoms with Crippen LogP contribution in [-0.2, 0) is 6.61 Å². The normalized spacial score (nSPS) is 11.1. The number of hydrogen-bond acceptors (Lipinski definition) is 6. The minimum absolute atomic E-state index is 0.0326. The lowest BCUT2D eigenvalue weighted by Crippen LogP contribution is -2.05. The van der Waals surface area contributed by atoms with Crippen LogP contribution in [0.25, 0.3) is 21.9 Å². The Hall–Kier alpha value is -4.32. The lowest BCUT2D eigenvalue weighted by Gasteiger charge is -2.09. The SMILES string of the molecule is Cc1ccc(COc2ccc3c(=O)c(Oc4ccc5c(C)cc(=O)oc5c4)coc3c2)cc1. The van der Waals surface area contributed by atoms with Crippen molar-refractivity contribution in [3.8, 4) is 17.2 Å². The first kappa shape index (κ1) is 20.6. The van der Waals surface area contributed by atoms with Gasteiger partial charge in [0.15, 0.2) is 0 Å². The van der Waals surface area contributed by atoms with Gasteiger partial charge < -0.3 is 18.3 Å². The minimum Gasteiger partial charge on any atom is -0.489 e. The van der Waals surface area contributed by atoms with Gasteiger partial charge in [-0.3, -0.25) is 4.79 Å². The molecule has 0 radical (unpaired) electrons. The van der Waals surface area contributed by atoms with Gasteiger partial charge in [-0.25, -0.2) is 4.79 Å². The quantitative estimate of drug-likeness (QED) is 0.317. The van der Waals surface area contributed by atoms with Crippen LogP contribution in [0.15, 0.2) is 91.4 Å². The molecular formula is C27H20O6. The van der Waals surface area contributed by atoms with Crippen molar-refractivity contribution in [2.45, 2.75) is 20.5 Å². The van der Waals surface area contributed by atoms with Crippen molar-refractivity contribution in [2.24, 2.45) is 0 Å². The summed E-state index contributed by atoms with van der Waals surface area (Å²) in [7, 11) is 0. The molecule has 2 aromatic heterocycles. The third-order valence-electron chi connectivity index (χ3n) is 5.39. The molecule has 0 unspecified atom stereocenters. The average molecular weight is 440 g/mol. The van der Waals surface area contributed by atoms with Crippen LogP contribution in [0, 0.1) is 13.8 Å². The Balaban J connectivity index is 1.39. The molecule has 5 aromatic rings. The van der Waals surface area contributed by atoms with E-state index >= 15 is 0 Å². The van der Waals surface area contributed by atoms with Crippen LogP contribution in [0.3, 0.4) is 0 Å². The second kappa shape index (κ2) is 8.31. The third kappa shape index (κ3) is 4.23. The zero-order chi connectivity index (χ0) is 22.9. The van der Waals surface area contributed by atoms with Crippen LogP contribution in [0.4, 0.5) is 0 Å². The van der Waals surface area contributed by atoms with E-state index in [9.17, 15) is 9.59 Å². The largest absolute Gasteiger partial charge is 0.489 e. The summed E-state index contributed by atoms with van der Waals surface area (Å²) in [4.78, 5) is 24.6. The summed E-state index contributed by atoms with van der Waals surface area (Å²) in [5.74, 6) is 0.992. The maximum atomic E-state index is 12.9. The molecule has 6 nitrogen and oxygen atoms in total. The van der Waals surface area contributed by atoms with Crippen molar-refractivity contribution in [3.05, 3.63) is 110 Å². The van der Waals surface area contributed by atoms with E-state index in [-0.39, 0.29) is 11.2 Å². The lowest BCUT2D eigenvalue weighted by molar-refractivity contribution is 0.306. The highest BCUT2D eigenvalue weighted by Gasteiger charge is 2.12. The van der Waals surface area contributed by atoms with Gasteiger partial charge in [0.1, 0.15) is 35.5 Å². The van der Waals surface area contributed by atoms with Crippen molar-refractivity contribution >= 4 is 21.9 Å². The maximum absolute atomic E-state index is 12.9. The zero-order valence-electron chi connectivity index (χ0n) is 18.1. The highest BCUT2D eigenvalue weighted by molar-refractivity contribution is 5.82. The van der Waals surface area contributed by atoms with E-state index in [1.54, 1.807) is 36.4 Å². The number of rotatable bonds is 5. The van der Waals surface area contributed by atoms with Gasteiger partial charge in [0.2, 0.25) is 11.2 Å². The zero-order valence-corrected chi connectivity index (χ0v) is 18.1. The molecule has 6 heteroatoms. The fourth-order valence-corrected chi connectivity index (χ4v) is 3.60. The van der Waals surface area contributed by atoms with Gasteiger partial charge in [-0.1, -0.05) is 29.8 Å². The van der Waals surface area contributed by atoms with E-state index in [0.29, 0.717) is 34.7 Å². The van der Waals surface area contributed by atoms with Crippen molar-refractivity contribution in [1.29, 1.82) is 0 Å². The monoisotopic (exact) mass is 440 g/mol. The highest BCUT2D eigenvalue weighted by Crippen LogP contribution is 2.27. The smallest absolute Gasteiger partial charge is 0.336 e. The Bertz CT molecular complexity index is 1590. The molecule has 0 aliphatic rings. The first-order valence-corrected chi connectivity index (χ1v) is 10.4. The van der Waals surface area contributed by atoms with Crippen LogP contribution in [-0.4, -0.2) is 0 Å². The number of fused-ring (bicyclic) bond motifs is 2. The Morgan fingerprint density at radius 1 is 0.788 bits per heavy atom. The van der Waals surface area contributed by atoms with E-state index in [0.717, 1.165) is 16.5 Å². The molecule has 0 saturated carbocycles. The molecule has 0 aliphatic heterocycles. The Labute approximate surface area is 188 Å². The van der Waals surface area contributed by atoms with E-state index in [1.807, 2.05) is 38.1 Å². The lowest BCUT2D eigenvalue weighted by atomic mass is 10.1. The second-order valence-corrected chi connectivity index (χ2v) is 7.87. The highest BCUT2D eigenvalue weighted by atomic mass is 16.5. The van der Waals surface area contributed by atoms with E-state index in [4.69, 9.17) is 18.3 Å². The van der Waals surface area contributed by atoms with Gasteiger partial charge in [-0.05, 0) is 49.2 Å². The van der Waals surface area contributed by atoms with Crippen molar-refractivity contribution in [1.82, 2.24) is 0 Å². The summed E-state index contributed by atoms with van der Waals surface area (Å²) >= 11 is 0. The summed E-state index contributed by atoms with van der Waals surface area (Å²) in [5, 5.41) is 1.17. The predicted molar refractivity (Wildman–Crippen MR) is 125 cm³/mol. The molecule has 0 N–H and O–H groups in total. The van der Waals surface area contributed by atoms with Crippen molar-refractivity contribution in [2.75, 3.05) is 0 Å². The molecule has 0 aliphatic carbocycles. The molecule has 5 rings (SSSR count). The second-order valence-electron chi connectivity index (χ2n) is 7.87. The first-order valence-electron chi connectivity index (χ1n) is 10.4. The van der Waals surface area contributed by atoms with Gasteiger partial charge in [-0.2, -0.15) is 0 Å². The van der Waals surface area contributed by atoms with Crippen LogP contribution in [0.2, 0.25) is 0 Å². The van der Waals surface area contributed by atoms with Crippen LogP contribution < -0.4 is 20.5 Å². The van der Waals surface area contributed by atoms with Crippen LogP contribution in [0.1, 0.15) is 16.7 Å². The molecule has 0 saturated heterocycles. The molecule has 0 amide bonds. The van der Waals surface area contributed by atoms with E-state index < -0.39 is 5.63 Å². The molecule has 3 aromatic carbocycles. The summed E-state index contributed by atoms with van der Waals surface area (Å²) < 4.78 is 22.5. The number of aryl methyl sites for hydroxylation is 2. The molecule has 0 spiro atoms. The van der Waals surface area contributed by atoms with Gasteiger partial charge in [-0.15, -0.1) is 0 Å². The standard InChI is InChI=1S/C27H20O6/c1-16-3-5-18(6-4-16)14-30-19-7-10-22-23(12-19)31-15-25(27(22)29)32-20-8-9-21-17(2)11-26(28)33-24(21)13-20/h3-13,15H,14H2,1-2H3. The van der Waals surface area contributed by atoms with Crippen molar-refractivity contribution < 1.29 is 18.3 Å². The van der Waals surface area contributed by atoms with Crippen LogP contribution >= 0.6 is 0 Å². The molecule has 33 heavy (non-hydrogen) atoms. The summed E-state index contributed by atoms with van der Waals surface area (Å²) in [6.45, 7) is 4.28. The fourth-order valence-electron chi connectivity index (χ4n) is 3.60. The summed E-state index contributed by atoms with van der Waals surface area (Å²) in [6, 6.07) is 19.7. The number of hydrogen-bond donors (Lipinski definition) is 0. The van der Waals surface area contributed by atoms with Gasteiger partial charge in [0.05, 0.1) is 5.39 Å². The van der Waals surface area contributed by atoms with E-state index in [2.05, 4.69) is 0 Å². The average Bonchev–Trinajstić information content (AvgIpc) is 2.80.